The molecular formula is C11H16O3. The molecule has 0 amide bonds. The molecule has 0 radical (unpaired) electrons. The molecule has 0 aliphatic rings. The van der Waals surface area contributed by atoms with Gasteiger partial charge in [-0.2, -0.15) is 0 Å². The number of hydrogen-bond donors (Lipinski definition) is 1. The summed E-state index contributed by atoms with van der Waals surface area (Å²) in [6, 6.07) is 6.98. The van der Waals surface area contributed by atoms with Crippen LogP contribution in [-0.4, -0.2) is 18.2 Å². The second kappa shape index (κ2) is 6.95. The number of ether oxygens (including phenoxy) is 1. The second-order valence-corrected chi connectivity index (χ2v) is 2.42. The fourth-order valence-corrected chi connectivity index (χ4v) is 0.918. The van der Waals surface area contributed by atoms with Crippen molar-refractivity contribution in [2.75, 3.05) is 7.11 Å². The zero-order valence-corrected chi connectivity index (χ0v) is 8.78. The highest BCUT2D eigenvalue weighted by Crippen LogP contribution is 2.11. The molecular weight excluding hydrogens is 180 g/mol. The smallest absolute Gasteiger partial charge is 0.307 e. The van der Waals surface area contributed by atoms with E-state index in [9.17, 15) is 4.79 Å². The van der Waals surface area contributed by atoms with Crippen LogP contribution in [-0.2, 0) is 11.2 Å². The Balaban J connectivity index is 0.000000791. The number of methoxy groups -OCH3 is 1. The van der Waals surface area contributed by atoms with E-state index >= 15 is 0 Å². The Bertz CT molecular complexity index is 264. The maximum absolute atomic E-state index is 10.3. The van der Waals surface area contributed by atoms with Crippen molar-refractivity contribution in [3.8, 4) is 5.75 Å². The van der Waals surface area contributed by atoms with Gasteiger partial charge in [0.05, 0.1) is 13.5 Å². The number of hydrogen-bond acceptors (Lipinski definition) is 2. The monoisotopic (exact) mass is 196 g/mol. The van der Waals surface area contributed by atoms with Crippen molar-refractivity contribution in [1.82, 2.24) is 0 Å². The SMILES string of the molecule is CC.COc1ccc(CC(=O)O)cc1. The Morgan fingerprint density at radius 1 is 1.29 bits per heavy atom. The van der Waals surface area contributed by atoms with Crippen LogP contribution < -0.4 is 4.74 Å². The third-order valence-electron chi connectivity index (χ3n) is 1.51. The van der Waals surface area contributed by atoms with Crippen molar-refractivity contribution in [3.63, 3.8) is 0 Å². The Kier molecular flexibility index (Phi) is 6.20. The van der Waals surface area contributed by atoms with E-state index in [1.54, 1.807) is 31.4 Å². The summed E-state index contributed by atoms with van der Waals surface area (Å²) in [4.78, 5) is 10.3. The van der Waals surface area contributed by atoms with Gasteiger partial charge < -0.3 is 9.84 Å². The predicted octanol–water partition coefficient (Wildman–Crippen LogP) is 2.35. The summed E-state index contributed by atoms with van der Waals surface area (Å²) in [6.07, 6.45) is 0.0595. The van der Waals surface area contributed by atoms with Crippen molar-refractivity contribution in [2.45, 2.75) is 20.3 Å². The second-order valence-electron chi connectivity index (χ2n) is 2.42. The summed E-state index contributed by atoms with van der Waals surface area (Å²) in [5.41, 5.74) is 0.781. The molecule has 3 nitrogen and oxygen atoms in total. The molecule has 1 aromatic carbocycles. The molecule has 0 saturated carbocycles. The Labute approximate surface area is 84.3 Å². The molecule has 0 atom stereocenters. The van der Waals surface area contributed by atoms with E-state index in [1.807, 2.05) is 13.8 Å². The topological polar surface area (TPSA) is 46.5 Å². The van der Waals surface area contributed by atoms with Gasteiger partial charge >= 0.3 is 5.97 Å². The van der Waals surface area contributed by atoms with Crippen molar-refractivity contribution in [2.24, 2.45) is 0 Å². The van der Waals surface area contributed by atoms with Gasteiger partial charge in [-0.3, -0.25) is 4.79 Å². The molecule has 0 heterocycles. The zero-order chi connectivity index (χ0) is 11.0. The number of rotatable bonds is 3. The Hall–Kier alpha value is -1.51. The van der Waals surface area contributed by atoms with Crippen molar-refractivity contribution in [3.05, 3.63) is 29.8 Å². The van der Waals surface area contributed by atoms with Gasteiger partial charge in [0.1, 0.15) is 5.75 Å². The normalized spacial score (nSPS) is 8.50. The largest absolute Gasteiger partial charge is 0.497 e. The number of carboxylic acids is 1. The van der Waals surface area contributed by atoms with Crippen molar-refractivity contribution >= 4 is 5.97 Å². The minimum Gasteiger partial charge on any atom is -0.497 e. The fourth-order valence-electron chi connectivity index (χ4n) is 0.918. The van der Waals surface area contributed by atoms with E-state index in [1.165, 1.54) is 0 Å². The van der Waals surface area contributed by atoms with E-state index in [2.05, 4.69) is 0 Å². The van der Waals surface area contributed by atoms with Crippen LogP contribution in [0.1, 0.15) is 19.4 Å². The quantitative estimate of drug-likeness (QED) is 0.807. The lowest BCUT2D eigenvalue weighted by atomic mass is 10.1. The van der Waals surface area contributed by atoms with Gasteiger partial charge in [-0.15, -0.1) is 0 Å². The molecule has 1 rings (SSSR count). The van der Waals surface area contributed by atoms with Crippen LogP contribution in [0.3, 0.4) is 0 Å². The molecule has 0 saturated heterocycles. The van der Waals surface area contributed by atoms with Crippen molar-refractivity contribution < 1.29 is 14.6 Å². The van der Waals surface area contributed by atoms with Crippen LogP contribution in [0.2, 0.25) is 0 Å². The van der Waals surface area contributed by atoms with E-state index in [-0.39, 0.29) is 6.42 Å². The van der Waals surface area contributed by atoms with E-state index in [0.717, 1.165) is 11.3 Å². The molecule has 0 aromatic heterocycles. The minimum absolute atomic E-state index is 0.0595. The van der Waals surface area contributed by atoms with Crippen LogP contribution in [0, 0.1) is 0 Å². The zero-order valence-electron chi connectivity index (χ0n) is 8.78. The van der Waals surface area contributed by atoms with Gasteiger partial charge in [0, 0.05) is 0 Å². The third-order valence-corrected chi connectivity index (χ3v) is 1.51. The first-order valence-electron chi connectivity index (χ1n) is 4.57. The lowest BCUT2D eigenvalue weighted by Gasteiger charge is -1.99. The average molecular weight is 196 g/mol. The summed E-state index contributed by atoms with van der Waals surface area (Å²) >= 11 is 0. The summed E-state index contributed by atoms with van der Waals surface area (Å²) in [7, 11) is 1.58. The number of aliphatic carboxylic acids is 1. The number of carboxylic acid groups (broad SMARTS) is 1. The maximum atomic E-state index is 10.3. The van der Waals surface area contributed by atoms with E-state index in [0.29, 0.717) is 0 Å². The highest BCUT2D eigenvalue weighted by Gasteiger charge is 1.99. The predicted molar refractivity (Wildman–Crippen MR) is 55.7 cm³/mol. The molecule has 3 heteroatoms. The van der Waals surface area contributed by atoms with Gasteiger partial charge in [0.15, 0.2) is 0 Å². The highest BCUT2D eigenvalue weighted by atomic mass is 16.5. The van der Waals surface area contributed by atoms with Gasteiger partial charge in [-0.25, -0.2) is 0 Å². The van der Waals surface area contributed by atoms with Gasteiger partial charge in [-0.05, 0) is 17.7 Å². The highest BCUT2D eigenvalue weighted by molar-refractivity contribution is 5.70. The Morgan fingerprint density at radius 3 is 2.14 bits per heavy atom. The third kappa shape index (κ3) is 4.50. The fraction of sp³-hybridized carbons (Fsp3) is 0.364. The molecule has 0 bridgehead atoms. The van der Waals surface area contributed by atoms with Crippen LogP contribution >= 0.6 is 0 Å². The van der Waals surface area contributed by atoms with Gasteiger partial charge in [0.2, 0.25) is 0 Å². The molecule has 0 aliphatic heterocycles. The van der Waals surface area contributed by atoms with E-state index < -0.39 is 5.97 Å². The van der Waals surface area contributed by atoms with E-state index in [4.69, 9.17) is 9.84 Å². The maximum Gasteiger partial charge on any atom is 0.307 e. The lowest BCUT2D eigenvalue weighted by Crippen LogP contribution is -1.99. The number of benzene rings is 1. The van der Waals surface area contributed by atoms with Crippen LogP contribution in [0.25, 0.3) is 0 Å². The molecule has 1 aromatic rings. The molecule has 78 valence electrons. The summed E-state index contributed by atoms with van der Waals surface area (Å²) in [5.74, 6) is -0.0793. The minimum atomic E-state index is -0.819. The van der Waals surface area contributed by atoms with Crippen LogP contribution in [0.15, 0.2) is 24.3 Å². The first-order chi connectivity index (χ1) is 6.72. The molecule has 0 aliphatic carbocycles. The van der Waals surface area contributed by atoms with Crippen LogP contribution in [0.4, 0.5) is 0 Å². The lowest BCUT2D eigenvalue weighted by molar-refractivity contribution is -0.136. The van der Waals surface area contributed by atoms with Crippen molar-refractivity contribution in [1.29, 1.82) is 0 Å². The van der Waals surface area contributed by atoms with Crippen LogP contribution in [0.5, 0.6) is 5.75 Å². The molecule has 0 fully saturated rings. The standard InChI is InChI=1S/C9H10O3.C2H6/c1-12-8-4-2-7(3-5-8)6-9(10)11;1-2/h2-5H,6H2,1H3,(H,10,11);1-2H3. The summed E-state index contributed by atoms with van der Waals surface area (Å²) < 4.78 is 4.93. The first-order valence-corrected chi connectivity index (χ1v) is 4.57. The summed E-state index contributed by atoms with van der Waals surface area (Å²) in [5, 5.41) is 8.46. The molecule has 0 unspecified atom stereocenters. The number of carbonyl (C=O) groups is 1. The molecule has 0 spiro atoms. The molecule has 1 N–H and O–H groups in total. The van der Waals surface area contributed by atoms with Gasteiger partial charge in [0.25, 0.3) is 0 Å². The first kappa shape index (κ1) is 12.5. The average Bonchev–Trinajstić information content (AvgIpc) is 2.21. The van der Waals surface area contributed by atoms with Gasteiger partial charge in [-0.1, -0.05) is 26.0 Å². The molecule has 14 heavy (non-hydrogen) atoms. The summed E-state index contributed by atoms with van der Waals surface area (Å²) in [6.45, 7) is 4.00. The Morgan fingerprint density at radius 2 is 1.79 bits per heavy atom.